The van der Waals surface area contributed by atoms with E-state index in [1.54, 1.807) is 0 Å². The van der Waals surface area contributed by atoms with E-state index in [0.717, 1.165) is 11.2 Å². The molecule has 4 unspecified atom stereocenters. The third kappa shape index (κ3) is 3.32. The maximum absolute atomic E-state index is 5.11. The van der Waals surface area contributed by atoms with Crippen LogP contribution in [0.2, 0.25) is 0 Å². The Morgan fingerprint density at radius 2 is 2.10 bits per heavy atom. The molecule has 0 amide bonds. The summed E-state index contributed by atoms with van der Waals surface area (Å²) in [6.45, 7) is 2.41. The highest BCUT2D eigenvalue weighted by Gasteiger charge is 2.40. The molecule has 0 bridgehead atoms. The second-order valence-corrected chi connectivity index (χ2v) is 9.00. The quantitative estimate of drug-likeness (QED) is 0.822. The number of aliphatic imine (C=N–C) groups is 1. The highest BCUT2D eigenvalue weighted by molar-refractivity contribution is 8.14. The molecular formula is C16H28N2S2. The van der Waals surface area contributed by atoms with Crippen molar-refractivity contribution >= 4 is 28.7 Å². The van der Waals surface area contributed by atoms with Crippen LogP contribution in [-0.4, -0.2) is 34.0 Å². The molecule has 2 nitrogen and oxygen atoms in total. The van der Waals surface area contributed by atoms with Gasteiger partial charge in [0.05, 0.1) is 6.04 Å². The molecule has 1 heterocycles. The summed E-state index contributed by atoms with van der Waals surface area (Å²) in [5, 5.41) is 5.84. The number of nitrogens with zero attached hydrogens (tertiary/aromatic N) is 1. The van der Waals surface area contributed by atoms with Crippen LogP contribution in [-0.2, 0) is 0 Å². The van der Waals surface area contributed by atoms with Crippen molar-refractivity contribution in [1.82, 2.24) is 5.32 Å². The molecule has 4 heteroatoms. The normalized spacial score (nSPS) is 43.9. The number of thioether (sulfide) groups is 2. The molecule has 0 aromatic heterocycles. The van der Waals surface area contributed by atoms with Crippen molar-refractivity contribution in [1.29, 1.82) is 0 Å². The lowest BCUT2D eigenvalue weighted by atomic mass is 9.78. The second kappa shape index (κ2) is 6.51. The van der Waals surface area contributed by atoms with Crippen LogP contribution in [0, 0.1) is 5.92 Å². The molecule has 1 saturated heterocycles. The van der Waals surface area contributed by atoms with Gasteiger partial charge in [-0.05, 0) is 37.9 Å². The van der Waals surface area contributed by atoms with E-state index in [1.165, 1.54) is 62.3 Å². The molecule has 0 radical (unpaired) electrons. The van der Waals surface area contributed by atoms with Crippen LogP contribution in [0.3, 0.4) is 0 Å². The molecule has 3 fully saturated rings. The Kier molecular flexibility index (Phi) is 4.91. The lowest BCUT2D eigenvalue weighted by Crippen LogP contribution is -2.47. The fourth-order valence-electron chi connectivity index (χ4n) is 4.13. The number of rotatable bonds is 2. The Hall–Kier alpha value is 0.170. The van der Waals surface area contributed by atoms with Crippen molar-refractivity contribution in [2.24, 2.45) is 10.9 Å². The molecule has 3 aliphatic rings. The van der Waals surface area contributed by atoms with Crippen LogP contribution in [0.4, 0.5) is 0 Å². The standard InChI is InChI=1S/C16H28N2S2/c1-12-6-5-9-16(10-12)11-20-15(18-16)17-13-7-3-4-8-14(13)19-2/h12-14H,3-11H2,1-2H3,(H,17,18). The molecule has 4 atom stereocenters. The maximum atomic E-state index is 5.11. The highest BCUT2D eigenvalue weighted by atomic mass is 32.2. The summed E-state index contributed by atoms with van der Waals surface area (Å²) in [5.74, 6) is 2.12. The molecule has 0 aromatic carbocycles. The van der Waals surface area contributed by atoms with Crippen LogP contribution in [0.15, 0.2) is 4.99 Å². The Balaban J connectivity index is 1.65. The van der Waals surface area contributed by atoms with E-state index >= 15 is 0 Å². The molecular weight excluding hydrogens is 284 g/mol. The highest BCUT2D eigenvalue weighted by Crippen LogP contribution is 2.39. The first-order valence-corrected chi connectivity index (χ1v) is 10.5. The minimum absolute atomic E-state index is 0.380. The first-order chi connectivity index (χ1) is 9.71. The lowest BCUT2D eigenvalue weighted by molar-refractivity contribution is 0.242. The third-order valence-electron chi connectivity index (χ3n) is 5.20. The fourth-order valence-corrected chi connectivity index (χ4v) is 6.29. The number of hydrogen-bond acceptors (Lipinski definition) is 3. The predicted octanol–water partition coefficient (Wildman–Crippen LogP) is 4.30. The predicted molar refractivity (Wildman–Crippen MR) is 93.0 cm³/mol. The van der Waals surface area contributed by atoms with Crippen molar-refractivity contribution in [2.75, 3.05) is 12.0 Å². The van der Waals surface area contributed by atoms with Crippen LogP contribution >= 0.6 is 23.5 Å². The van der Waals surface area contributed by atoms with Crippen molar-refractivity contribution in [3.63, 3.8) is 0 Å². The van der Waals surface area contributed by atoms with E-state index in [2.05, 4.69) is 18.5 Å². The summed E-state index contributed by atoms with van der Waals surface area (Å²) in [7, 11) is 0. The summed E-state index contributed by atoms with van der Waals surface area (Å²) >= 11 is 4.01. The monoisotopic (exact) mass is 312 g/mol. The molecule has 1 aliphatic heterocycles. The number of amidine groups is 1. The van der Waals surface area contributed by atoms with Gasteiger partial charge in [0.2, 0.25) is 0 Å². The van der Waals surface area contributed by atoms with Gasteiger partial charge in [-0.25, -0.2) is 0 Å². The van der Waals surface area contributed by atoms with Gasteiger partial charge in [-0.2, -0.15) is 11.8 Å². The van der Waals surface area contributed by atoms with E-state index in [9.17, 15) is 0 Å². The second-order valence-electron chi connectivity index (χ2n) is 6.96. The molecule has 114 valence electrons. The zero-order chi connectivity index (χ0) is 14.0. The number of nitrogens with one attached hydrogen (secondary N) is 1. The number of hydrogen-bond donors (Lipinski definition) is 1. The summed E-state index contributed by atoms with van der Waals surface area (Å²) in [5.41, 5.74) is 0.380. The Morgan fingerprint density at radius 3 is 2.90 bits per heavy atom. The van der Waals surface area contributed by atoms with E-state index in [-0.39, 0.29) is 0 Å². The van der Waals surface area contributed by atoms with Crippen LogP contribution in [0.5, 0.6) is 0 Å². The van der Waals surface area contributed by atoms with Gasteiger partial charge >= 0.3 is 0 Å². The van der Waals surface area contributed by atoms with Gasteiger partial charge in [0.15, 0.2) is 5.17 Å². The van der Waals surface area contributed by atoms with Crippen LogP contribution in [0.25, 0.3) is 0 Å². The van der Waals surface area contributed by atoms with E-state index in [0.29, 0.717) is 11.6 Å². The van der Waals surface area contributed by atoms with Crippen LogP contribution in [0.1, 0.15) is 58.3 Å². The van der Waals surface area contributed by atoms with Crippen molar-refractivity contribution in [3.05, 3.63) is 0 Å². The van der Waals surface area contributed by atoms with E-state index in [4.69, 9.17) is 4.99 Å². The summed E-state index contributed by atoms with van der Waals surface area (Å²) in [6, 6.07) is 0.560. The van der Waals surface area contributed by atoms with Crippen molar-refractivity contribution < 1.29 is 0 Å². The summed E-state index contributed by atoms with van der Waals surface area (Å²) in [4.78, 5) is 5.11. The molecule has 0 aromatic rings. The molecule has 1 spiro atoms. The Morgan fingerprint density at radius 1 is 1.25 bits per heavy atom. The fraction of sp³-hybridized carbons (Fsp3) is 0.938. The molecule has 20 heavy (non-hydrogen) atoms. The molecule has 3 rings (SSSR count). The average molecular weight is 313 g/mol. The first-order valence-electron chi connectivity index (χ1n) is 8.22. The molecule has 2 saturated carbocycles. The topological polar surface area (TPSA) is 24.4 Å². The zero-order valence-corrected chi connectivity index (χ0v) is 14.5. The molecule has 2 aliphatic carbocycles. The van der Waals surface area contributed by atoms with E-state index in [1.807, 2.05) is 23.5 Å². The smallest absolute Gasteiger partial charge is 0.157 e. The SMILES string of the molecule is CSC1CCCCC1N=C1NC2(CCCC(C)C2)CS1. The minimum Gasteiger partial charge on any atom is -0.359 e. The minimum atomic E-state index is 0.380. The van der Waals surface area contributed by atoms with Crippen molar-refractivity contribution in [2.45, 2.75) is 75.1 Å². The largest absolute Gasteiger partial charge is 0.359 e. The zero-order valence-electron chi connectivity index (χ0n) is 12.9. The van der Waals surface area contributed by atoms with Gasteiger partial charge in [0, 0.05) is 16.5 Å². The lowest BCUT2D eigenvalue weighted by Gasteiger charge is -2.36. The average Bonchev–Trinajstić information content (AvgIpc) is 2.81. The Labute approximate surface area is 132 Å². The van der Waals surface area contributed by atoms with Crippen LogP contribution < -0.4 is 5.32 Å². The van der Waals surface area contributed by atoms with Crippen molar-refractivity contribution in [3.8, 4) is 0 Å². The van der Waals surface area contributed by atoms with Gasteiger partial charge < -0.3 is 5.32 Å². The van der Waals surface area contributed by atoms with E-state index < -0.39 is 0 Å². The first kappa shape index (κ1) is 15.1. The van der Waals surface area contributed by atoms with Gasteiger partial charge in [-0.3, -0.25) is 4.99 Å². The van der Waals surface area contributed by atoms with Gasteiger partial charge in [0.1, 0.15) is 0 Å². The van der Waals surface area contributed by atoms with Gasteiger partial charge in [0.25, 0.3) is 0 Å². The third-order valence-corrected chi connectivity index (χ3v) is 7.54. The van der Waals surface area contributed by atoms with Gasteiger partial charge in [-0.1, -0.05) is 44.4 Å². The summed E-state index contributed by atoms with van der Waals surface area (Å²) < 4.78 is 0. The maximum Gasteiger partial charge on any atom is 0.157 e. The Bertz CT molecular complexity index is 371. The summed E-state index contributed by atoms with van der Waals surface area (Å²) in [6.07, 6.45) is 13.2. The van der Waals surface area contributed by atoms with Gasteiger partial charge in [-0.15, -0.1) is 0 Å². The molecule has 1 N–H and O–H groups in total.